The van der Waals surface area contributed by atoms with Crippen LogP contribution in [0.3, 0.4) is 0 Å². The van der Waals surface area contributed by atoms with Gasteiger partial charge in [-0.1, -0.05) is 65.9 Å². The number of aryl methyl sites for hydroxylation is 3. The Labute approximate surface area is 230 Å². The molecular formula is C30H25N3O3S2. The molecule has 3 heterocycles. The molecule has 2 aliphatic heterocycles. The van der Waals surface area contributed by atoms with Crippen LogP contribution in [0.5, 0.6) is 11.5 Å². The highest BCUT2D eigenvalue weighted by Gasteiger charge is 2.33. The molecule has 0 unspecified atom stereocenters. The van der Waals surface area contributed by atoms with Gasteiger partial charge in [-0.05, 0) is 67.8 Å². The molecule has 8 heteroatoms. The minimum Gasteiger partial charge on any atom is -0.454 e. The van der Waals surface area contributed by atoms with E-state index in [0.29, 0.717) is 27.3 Å². The third-order valence-corrected chi connectivity index (χ3v) is 7.99. The van der Waals surface area contributed by atoms with Crippen LogP contribution in [0.2, 0.25) is 0 Å². The third-order valence-electron chi connectivity index (χ3n) is 6.61. The molecule has 6 nitrogen and oxygen atoms in total. The Morgan fingerprint density at radius 3 is 2.50 bits per heavy atom. The van der Waals surface area contributed by atoms with E-state index in [0.717, 1.165) is 39.2 Å². The average molecular weight is 540 g/mol. The number of thiocarbonyl (C=S) groups is 1. The second kappa shape index (κ2) is 9.78. The van der Waals surface area contributed by atoms with Crippen LogP contribution in [0.1, 0.15) is 27.8 Å². The summed E-state index contributed by atoms with van der Waals surface area (Å²) < 4.78 is 13.3. The van der Waals surface area contributed by atoms with Crippen molar-refractivity contribution < 1.29 is 14.3 Å². The van der Waals surface area contributed by atoms with E-state index in [2.05, 4.69) is 32.9 Å². The molecule has 6 rings (SSSR count). The molecule has 0 radical (unpaired) electrons. The van der Waals surface area contributed by atoms with Crippen LogP contribution in [-0.2, 0) is 11.3 Å². The zero-order chi connectivity index (χ0) is 26.4. The first-order valence-corrected chi connectivity index (χ1v) is 13.5. The normalized spacial score (nSPS) is 15.7. The zero-order valence-corrected chi connectivity index (χ0v) is 22.9. The van der Waals surface area contributed by atoms with Crippen molar-refractivity contribution in [3.8, 4) is 28.4 Å². The number of thioether (sulfide) groups is 1. The summed E-state index contributed by atoms with van der Waals surface area (Å²) in [6.07, 6.45) is 3.90. The standard InChI is InChI=1S/C30H25N3O3S2/c1-18-11-19(2)27(20(3)12-18)28-22(16-33(31-28)23-7-5-4-6-8-23)14-26-29(34)32(30(37)38-26)15-21-9-10-24-25(13-21)36-17-35-24/h4-14,16H,15,17H2,1-3H3/b26-14-. The van der Waals surface area contributed by atoms with Gasteiger partial charge in [-0.2, -0.15) is 5.10 Å². The minimum absolute atomic E-state index is 0.117. The highest BCUT2D eigenvalue weighted by atomic mass is 32.2. The van der Waals surface area contributed by atoms with Gasteiger partial charge < -0.3 is 9.47 Å². The maximum atomic E-state index is 13.5. The number of hydrogen-bond acceptors (Lipinski definition) is 6. The first-order chi connectivity index (χ1) is 18.4. The van der Waals surface area contributed by atoms with Gasteiger partial charge in [0.25, 0.3) is 5.91 Å². The lowest BCUT2D eigenvalue weighted by Gasteiger charge is -2.14. The molecule has 0 bridgehead atoms. The van der Waals surface area contributed by atoms with Crippen molar-refractivity contribution in [3.05, 3.63) is 99.6 Å². The summed E-state index contributed by atoms with van der Waals surface area (Å²) in [5.74, 6) is 1.28. The van der Waals surface area contributed by atoms with Crippen LogP contribution in [-0.4, -0.2) is 31.7 Å². The maximum absolute atomic E-state index is 13.5. The number of nitrogens with zero attached hydrogens (tertiary/aromatic N) is 3. The zero-order valence-electron chi connectivity index (χ0n) is 21.2. The van der Waals surface area contributed by atoms with Crippen LogP contribution in [0.15, 0.2) is 71.8 Å². The highest BCUT2D eigenvalue weighted by Crippen LogP contribution is 2.38. The Morgan fingerprint density at radius 1 is 1.00 bits per heavy atom. The SMILES string of the molecule is Cc1cc(C)c(-c2nn(-c3ccccc3)cc2/C=C2\SC(=S)N(Cc3ccc4c(c3)OCO4)C2=O)c(C)c1. The van der Waals surface area contributed by atoms with Gasteiger partial charge in [0.05, 0.1) is 17.1 Å². The predicted molar refractivity (Wildman–Crippen MR) is 154 cm³/mol. The number of carbonyl (C=O) groups excluding carboxylic acids is 1. The highest BCUT2D eigenvalue weighted by molar-refractivity contribution is 8.26. The lowest BCUT2D eigenvalue weighted by Crippen LogP contribution is -2.27. The summed E-state index contributed by atoms with van der Waals surface area (Å²) in [6, 6.07) is 20.0. The van der Waals surface area contributed by atoms with Crippen molar-refractivity contribution in [1.82, 2.24) is 14.7 Å². The van der Waals surface area contributed by atoms with E-state index in [1.54, 1.807) is 4.90 Å². The second-order valence-electron chi connectivity index (χ2n) is 9.44. The Morgan fingerprint density at radius 2 is 1.74 bits per heavy atom. The number of hydrogen-bond donors (Lipinski definition) is 0. The van der Waals surface area contributed by atoms with Crippen LogP contribution in [0.4, 0.5) is 0 Å². The van der Waals surface area contributed by atoms with Crippen molar-refractivity contribution in [2.24, 2.45) is 0 Å². The van der Waals surface area contributed by atoms with Gasteiger partial charge in [-0.3, -0.25) is 9.69 Å². The fraction of sp³-hybridized carbons (Fsp3) is 0.167. The molecule has 3 aromatic carbocycles. The largest absolute Gasteiger partial charge is 0.454 e. The number of fused-ring (bicyclic) bond motifs is 1. The van der Waals surface area contributed by atoms with Crippen molar-refractivity contribution >= 4 is 40.3 Å². The molecule has 0 aliphatic carbocycles. The molecule has 1 aromatic heterocycles. The Balaban J connectivity index is 1.38. The second-order valence-corrected chi connectivity index (χ2v) is 11.1. The lowest BCUT2D eigenvalue weighted by atomic mass is 9.95. The molecule has 1 saturated heterocycles. The summed E-state index contributed by atoms with van der Waals surface area (Å²) in [7, 11) is 0. The summed E-state index contributed by atoms with van der Waals surface area (Å²) in [4.78, 5) is 15.7. The minimum atomic E-state index is -0.117. The number of aromatic nitrogens is 2. The number of ether oxygens (including phenoxy) is 2. The Bertz CT molecular complexity index is 1600. The van der Waals surface area contributed by atoms with Gasteiger partial charge in [-0.25, -0.2) is 4.68 Å². The predicted octanol–water partition coefficient (Wildman–Crippen LogP) is 6.59. The molecule has 0 saturated carbocycles. The molecule has 4 aromatic rings. The van der Waals surface area contributed by atoms with E-state index in [9.17, 15) is 4.79 Å². The average Bonchev–Trinajstić information content (AvgIpc) is 3.59. The molecule has 190 valence electrons. The third kappa shape index (κ3) is 4.50. The van der Waals surface area contributed by atoms with Crippen LogP contribution in [0, 0.1) is 20.8 Å². The molecule has 0 N–H and O–H groups in total. The number of carbonyl (C=O) groups is 1. The van der Waals surface area contributed by atoms with Crippen molar-refractivity contribution in [1.29, 1.82) is 0 Å². The first-order valence-electron chi connectivity index (χ1n) is 12.2. The van der Waals surface area contributed by atoms with Gasteiger partial charge in [-0.15, -0.1) is 0 Å². The summed E-state index contributed by atoms with van der Waals surface area (Å²) >= 11 is 6.94. The van der Waals surface area contributed by atoms with E-state index >= 15 is 0 Å². The summed E-state index contributed by atoms with van der Waals surface area (Å²) in [5, 5.41) is 4.99. The fourth-order valence-corrected chi connectivity index (χ4v) is 6.20. The molecular weight excluding hydrogens is 514 g/mol. The van der Waals surface area contributed by atoms with Gasteiger partial charge in [0.15, 0.2) is 11.5 Å². The van der Waals surface area contributed by atoms with Crippen molar-refractivity contribution in [2.75, 3.05) is 6.79 Å². The number of amides is 1. The molecule has 1 amide bonds. The monoisotopic (exact) mass is 539 g/mol. The number of benzene rings is 3. The quantitative estimate of drug-likeness (QED) is 0.211. The van der Waals surface area contributed by atoms with E-state index in [1.807, 2.05) is 65.5 Å². The molecule has 0 spiro atoms. The van der Waals surface area contributed by atoms with Gasteiger partial charge in [0.2, 0.25) is 6.79 Å². The Kier molecular flexibility index (Phi) is 6.29. The van der Waals surface area contributed by atoms with Gasteiger partial charge in [0.1, 0.15) is 10.0 Å². The van der Waals surface area contributed by atoms with E-state index in [-0.39, 0.29) is 12.7 Å². The molecule has 2 aliphatic rings. The summed E-state index contributed by atoms with van der Waals surface area (Å²) in [5.41, 5.74) is 8.15. The maximum Gasteiger partial charge on any atom is 0.266 e. The molecule has 1 fully saturated rings. The summed E-state index contributed by atoms with van der Waals surface area (Å²) in [6.45, 7) is 6.88. The molecule has 0 atom stereocenters. The van der Waals surface area contributed by atoms with Crippen LogP contribution in [0.25, 0.3) is 23.0 Å². The molecule has 38 heavy (non-hydrogen) atoms. The topological polar surface area (TPSA) is 56.6 Å². The van der Waals surface area contributed by atoms with Gasteiger partial charge in [0, 0.05) is 17.3 Å². The smallest absolute Gasteiger partial charge is 0.266 e. The van der Waals surface area contributed by atoms with E-state index in [4.69, 9.17) is 26.8 Å². The van der Waals surface area contributed by atoms with Crippen LogP contribution < -0.4 is 9.47 Å². The first kappa shape index (κ1) is 24.5. The number of rotatable bonds is 5. The van der Waals surface area contributed by atoms with Gasteiger partial charge >= 0.3 is 0 Å². The number of para-hydroxylation sites is 1. The Hall–Kier alpha value is -3.88. The fourth-order valence-electron chi connectivity index (χ4n) is 4.95. The van der Waals surface area contributed by atoms with Crippen molar-refractivity contribution in [2.45, 2.75) is 27.3 Å². The van der Waals surface area contributed by atoms with E-state index < -0.39 is 0 Å². The van der Waals surface area contributed by atoms with E-state index in [1.165, 1.54) is 17.3 Å². The lowest BCUT2D eigenvalue weighted by molar-refractivity contribution is -0.122. The van der Waals surface area contributed by atoms with Crippen molar-refractivity contribution in [3.63, 3.8) is 0 Å². The van der Waals surface area contributed by atoms with Crippen LogP contribution >= 0.6 is 24.0 Å².